The summed E-state index contributed by atoms with van der Waals surface area (Å²) in [4.78, 5) is -0.323. The van der Waals surface area contributed by atoms with Crippen molar-refractivity contribution in [3.8, 4) is 0 Å². The predicted molar refractivity (Wildman–Crippen MR) is 75.5 cm³/mol. The average Bonchev–Trinajstić information content (AvgIpc) is 2.85. The van der Waals surface area contributed by atoms with Crippen LogP contribution in [0.2, 0.25) is 0 Å². The molecule has 0 aliphatic carbocycles. The molecule has 1 aliphatic rings. The first-order valence-corrected chi connectivity index (χ1v) is 7.60. The van der Waals surface area contributed by atoms with Crippen molar-refractivity contribution >= 4 is 21.4 Å². The second kappa shape index (κ2) is 4.49. The number of hydrogen-bond donors (Lipinski definition) is 1. The summed E-state index contributed by atoms with van der Waals surface area (Å²) in [6, 6.07) is 10.6. The molecular weight excluding hydrogens is 279 g/mol. The van der Waals surface area contributed by atoms with Crippen LogP contribution in [0, 0.1) is 5.82 Å². The molecule has 0 radical (unpaired) electrons. The van der Waals surface area contributed by atoms with Crippen LogP contribution >= 0.6 is 0 Å². The highest BCUT2D eigenvalue weighted by Gasteiger charge is 2.33. The van der Waals surface area contributed by atoms with E-state index in [1.54, 1.807) is 12.1 Å². The fourth-order valence-corrected chi connectivity index (χ4v) is 4.06. The Kier molecular flexibility index (Phi) is 2.90. The number of nitrogen functional groups attached to an aromatic ring is 1. The largest absolute Gasteiger partial charge is 0.397 e. The lowest BCUT2D eigenvalue weighted by Crippen LogP contribution is -2.30. The summed E-state index contributed by atoms with van der Waals surface area (Å²) in [6.07, 6.45) is 0.577. The number of rotatable bonds is 2. The topological polar surface area (TPSA) is 63.4 Å². The zero-order chi connectivity index (χ0) is 14.3. The normalized spacial score (nSPS) is 14.3. The molecule has 0 saturated carbocycles. The summed E-state index contributed by atoms with van der Waals surface area (Å²) in [7, 11) is -3.93. The standard InChI is InChI=1S/C14H13FN2O2S/c15-11-5-1-2-7-13(11)20(18,19)17-9-8-10-4-3-6-12(16)14(10)17/h1-7H,8-9,16H2. The van der Waals surface area contributed by atoms with Gasteiger partial charge in [0.1, 0.15) is 10.7 Å². The number of anilines is 2. The molecule has 0 atom stereocenters. The highest BCUT2D eigenvalue weighted by Crippen LogP contribution is 2.37. The first-order valence-electron chi connectivity index (χ1n) is 6.16. The van der Waals surface area contributed by atoms with Crippen molar-refractivity contribution < 1.29 is 12.8 Å². The van der Waals surface area contributed by atoms with Crippen LogP contribution in [0.15, 0.2) is 47.4 Å². The molecule has 1 heterocycles. The van der Waals surface area contributed by atoms with E-state index >= 15 is 0 Å². The number of halogens is 1. The van der Waals surface area contributed by atoms with Gasteiger partial charge in [-0.2, -0.15) is 0 Å². The Morgan fingerprint density at radius 2 is 1.85 bits per heavy atom. The molecule has 2 N–H and O–H groups in total. The summed E-state index contributed by atoms with van der Waals surface area (Å²) in [5.74, 6) is -0.754. The van der Waals surface area contributed by atoms with Gasteiger partial charge in [-0.15, -0.1) is 0 Å². The molecule has 0 spiro atoms. The van der Waals surface area contributed by atoms with E-state index in [9.17, 15) is 12.8 Å². The number of sulfonamides is 1. The molecule has 0 fully saturated rings. The summed E-state index contributed by atoms with van der Waals surface area (Å²) < 4.78 is 40.2. The molecule has 2 aromatic rings. The Labute approximate surface area is 116 Å². The third kappa shape index (κ3) is 1.84. The lowest BCUT2D eigenvalue weighted by Gasteiger charge is -2.21. The van der Waals surface area contributed by atoms with Gasteiger partial charge in [0.05, 0.1) is 11.4 Å². The van der Waals surface area contributed by atoms with Crippen LogP contribution in [0.3, 0.4) is 0 Å². The molecule has 4 nitrogen and oxygen atoms in total. The minimum Gasteiger partial charge on any atom is -0.397 e. The van der Waals surface area contributed by atoms with Crippen LogP contribution in [0.1, 0.15) is 5.56 Å². The van der Waals surface area contributed by atoms with Crippen molar-refractivity contribution in [2.75, 3.05) is 16.6 Å². The van der Waals surface area contributed by atoms with E-state index in [-0.39, 0.29) is 11.4 Å². The molecule has 0 amide bonds. The van der Waals surface area contributed by atoms with E-state index in [0.29, 0.717) is 17.8 Å². The van der Waals surface area contributed by atoms with Gasteiger partial charge in [0.15, 0.2) is 0 Å². The summed E-state index contributed by atoms with van der Waals surface area (Å²) >= 11 is 0. The first-order chi connectivity index (χ1) is 9.51. The van der Waals surface area contributed by atoms with Gasteiger partial charge in [0.2, 0.25) is 0 Å². The molecular formula is C14H13FN2O2S. The van der Waals surface area contributed by atoms with Crippen molar-refractivity contribution in [2.24, 2.45) is 0 Å². The van der Waals surface area contributed by atoms with Crippen LogP contribution in [0.25, 0.3) is 0 Å². The zero-order valence-corrected chi connectivity index (χ0v) is 11.4. The highest BCUT2D eigenvalue weighted by molar-refractivity contribution is 7.92. The van der Waals surface area contributed by atoms with E-state index in [4.69, 9.17) is 5.73 Å². The smallest absolute Gasteiger partial charge is 0.267 e. The SMILES string of the molecule is Nc1cccc2c1N(S(=O)(=O)c1ccccc1F)CC2. The Morgan fingerprint density at radius 3 is 2.60 bits per heavy atom. The van der Waals surface area contributed by atoms with Gasteiger partial charge in [-0.05, 0) is 30.2 Å². The Morgan fingerprint density at radius 1 is 1.10 bits per heavy atom. The lowest BCUT2D eigenvalue weighted by molar-refractivity contribution is 0.564. The van der Waals surface area contributed by atoms with Gasteiger partial charge in [-0.1, -0.05) is 24.3 Å². The average molecular weight is 292 g/mol. The van der Waals surface area contributed by atoms with Crippen molar-refractivity contribution in [3.63, 3.8) is 0 Å². The third-order valence-corrected chi connectivity index (χ3v) is 5.22. The highest BCUT2D eigenvalue weighted by atomic mass is 32.2. The number of hydrogen-bond acceptors (Lipinski definition) is 3. The zero-order valence-electron chi connectivity index (χ0n) is 10.6. The minimum atomic E-state index is -3.93. The van der Waals surface area contributed by atoms with Crippen LogP contribution in [0.5, 0.6) is 0 Å². The number of nitrogens with zero attached hydrogens (tertiary/aromatic N) is 1. The number of para-hydroxylation sites is 1. The Bertz CT molecular complexity index is 774. The molecule has 6 heteroatoms. The maximum absolute atomic E-state index is 13.8. The van der Waals surface area contributed by atoms with Gasteiger partial charge in [0.25, 0.3) is 10.0 Å². The molecule has 3 rings (SSSR count). The second-order valence-corrected chi connectivity index (χ2v) is 6.44. The molecule has 0 aromatic heterocycles. The number of nitrogens with two attached hydrogens (primary N) is 1. The van der Waals surface area contributed by atoms with E-state index in [1.807, 2.05) is 6.07 Å². The minimum absolute atomic E-state index is 0.278. The summed E-state index contributed by atoms with van der Waals surface area (Å²) in [6.45, 7) is 0.278. The van der Waals surface area contributed by atoms with E-state index < -0.39 is 15.8 Å². The van der Waals surface area contributed by atoms with Crippen LogP contribution < -0.4 is 10.0 Å². The molecule has 0 saturated heterocycles. The molecule has 0 unspecified atom stereocenters. The Balaban J connectivity index is 2.15. The van der Waals surface area contributed by atoms with E-state index in [2.05, 4.69) is 0 Å². The van der Waals surface area contributed by atoms with Crippen molar-refractivity contribution in [1.29, 1.82) is 0 Å². The molecule has 1 aliphatic heterocycles. The number of fused-ring (bicyclic) bond motifs is 1. The van der Waals surface area contributed by atoms with Gasteiger partial charge >= 0.3 is 0 Å². The van der Waals surface area contributed by atoms with Gasteiger partial charge < -0.3 is 5.73 Å². The maximum Gasteiger partial charge on any atom is 0.267 e. The summed E-state index contributed by atoms with van der Waals surface area (Å²) in [5, 5.41) is 0. The maximum atomic E-state index is 13.8. The molecule has 0 bridgehead atoms. The lowest BCUT2D eigenvalue weighted by atomic mass is 10.1. The van der Waals surface area contributed by atoms with Crippen LogP contribution in [0.4, 0.5) is 15.8 Å². The predicted octanol–water partition coefficient (Wildman–Crippen LogP) is 2.16. The van der Waals surface area contributed by atoms with E-state index in [1.165, 1.54) is 22.5 Å². The fourth-order valence-electron chi connectivity index (χ4n) is 2.46. The fraction of sp³-hybridized carbons (Fsp3) is 0.143. The first kappa shape index (κ1) is 12.9. The number of benzene rings is 2. The Hall–Kier alpha value is -2.08. The molecule has 104 valence electrons. The van der Waals surface area contributed by atoms with Crippen LogP contribution in [-0.2, 0) is 16.4 Å². The van der Waals surface area contributed by atoms with Gasteiger partial charge in [-0.3, -0.25) is 4.31 Å². The van der Waals surface area contributed by atoms with Crippen molar-refractivity contribution in [1.82, 2.24) is 0 Å². The molecule has 2 aromatic carbocycles. The molecule has 20 heavy (non-hydrogen) atoms. The second-order valence-electron chi connectivity index (χ2n) is 4.61. The van der Waals surface area contributed by atoms with E-state index in [0.717, 1.165) is 11.6 Å². The van der Waals surface area contributed by atoms with Crippen LogP contribution in [-0.4, -0.2) is 15.0 Å². The quantitative estimate of drug-likeness (QED) is 0.863. The third-order valence-electron chi connectivity index (χ3n) is 3.39. The van der Waals surface area contributed by atoms with Crippen molar-refractivity contribution in [2.45, 2.75) is 11.3 Å². The van der Waals surface area contributed by atoms with Crippen molar-refractivity contribution in [3.05, 3.63) is 53.8 Å². The van der Waals surface area contributed by atoms with Gasteiger partial charge in [0, 0.05) is 6.54 Å². The summed E-state index contributed by atoms with van der Waals surface area (Å²) in [5.41, 5.74) is 7.60. The monoisotopic (exact) mass is 292 g/mol. The van der Waals surface area contributed by atoms with Gasteiger partial charge in [-0.25, -0.2) is 12.8 Å².